The van der Waals surface area contributed by atoms with Crippen LogP contribution < -0.4 is 10.2 Å². The molecule has 25 heavy (non-hydrogen) atoms. The van der Waals surface area contributed by atoms with Crippen LogP contribution in [0.1, 0.15) is 17.2 Å². The van der Waals surface area contributed by atoms with E-state index in [0.717, 1.165) is 4.31 Å². The van der Waals surface area contributed by atoms with E-state index >= 15 is 0 Å². The van der Waals surface area contributed by atoms with Crippen molar-refractivity contribution in [1.82, 2.24) is 9.79 Å². The SMILES string of the molecule is COc1ccc(S(=O)(=O)N2Cc3cscc3C(O)C2C(=O)NO)cc1. The molecule has 1 aliphatic rings. The molecule has 10 heteroatoms. The van der Waals surface area contributed by atoms with Crippen LogP contribution in [0.25, 0.3) is 0 Å². The minimum atomic E-state index is -4.09. The lowest BCUT2D eigenvalue weighted by molar-refractivity contribution is -0.137. The fraction of sp³-hybridized carbons (Fsp3) is 0.267. The largest absolute Gasteiger partial charge is 0.497 e. The van der Waals surface area contributed by atoms with Crippen LogP contribution in [0.3, 0.4) is 0 Å². The van der Waals surface area contributed by atoms with E-state index in [9.17, 15) is 18.3 Å². The summed E-state index contributed by atoms with van der Waals surface area (Å²) in [7, 11) is -2.63. The molecular formula is C15H16N2O6S2. The van der Waals surface area contributed by atoms with Crippen molar-refractivity contribution in [3.05, 3.63) is 46.2 Å². The number of nitrogens with zero attached hydrogens (tertiary/aromatic N) is 1. The van der Waals surface area contributed by atoms with Crippen LogP contribution in [-0.2, 0) is 21.4 Å². The first kappa shape index (κ1) is 17.8. The Kier molecular flexibility index (Phi) is 4.80. The molecule has 3 rings (SSSR count). The van der Waals surface area contributed by atoms with E-state index in [-0.39, 0.29) is 11.4 Å². The summed E-state index contributed by atoms with van der Waals surface area (Å²) in [4.78, 5) is 12.0. The topological polar surface area (TPSA) is 116 Å². The Balaban J connectivity index is 2.06. The maximum absolute atomic E-state index is 13.0. The summed E-state index contributed by atoms with van der Waals surface area (Å²) in [6.45, 7) is -0.0810. The lowest BCUT2D eigenvalue weighted by Gasteiger charge is -2.36. The number of aliphatic hydroxyl groups is 1. The predicted molar refractivity (Wildman–Crippen MR) is 88.7 cm³/mol. The van der Waals surface area contributed by atoms with Gasteiger partial charge in [0.05, 0.1) is 12.0 Å². The van der Waals surface area contributed by atoms with Gasteiger partial charge in [0, 0.05) is 6.54 Å². The molecule has 134 valence electrons. The monoisotopic (exact) mass is 384 g/mol. The molecule has 0 saturated heterocycles. The van der Waals surface area contributed by atoms with Gasteiger partial charge in [-0.2, -0.15) is 15.6 Å². The third-order valence-corrected chi connectivity index (χ3v) is 6.73. The molecule has 0 radical (unpaired) electrons. The second-order valence-corrected chi connectivity index (χ2v) is 8.08. The number of fused-ring (bicyclic) bond motifs is 1. The molecule has 1 aromatic heterocycles. The van der Waals surface area contributed by atoms with Crippen LogP contribution in [0.4, 0.5) is 0 Å². The molecule has 0 saturated carbocycles. The summed E-state index contributed by atoms with van der Waals surface area (Å²) >= 11 is 1.30. The Morgan fingerprint density at radius 1 is 1.32 bits per heavy atom. The molecule has 0 aliphatic carbocycles. The van der Waals surface area contributed by atoms with Crippen molar-refractivity contribution in [2.45, 2.75) is 23.6 Å². The summed E-state index contributed by atoms with van der Waals surface area (Å²) < 4.78 is 31.9. The van der Waals surface area contributed by atoms with Gasteiger partial charge in [0.1, 0.15) is 17.9 Å². The van der Waals surface area contributed by atoms with E-state index in [1.165, 1.54) is 48.2 Å². The number of ether oxygens (including phenoxy) is 1. The zero-order valence-corrected chi connectivity index (χ0v) is 14.8. The molecule has 1 aromatic carbocycles. The van der Waals surface area contributed by atoms with Crippen LogP contribution >= 0.6 is 11.3 Å². The zero-order chi connectivity index (χ0) is 18.2. The van der Waals surface area contributed by atoms with Crippen molar-refractivity contribution in [2.75, 3.05) is 7.11 Å². The Bertz CT molecular complexity index is 878. The number of amides is 1. The van der Waals surface area contributed by atoms with Crippen molar-refractivity contribution in [1.29, 1.82) is 0 Å². The molecule has 1 amide bonds. The maximum Gasteiger partial charge on any atom is 0.264 e. The van der Waals surface area contributed by atoms with Crippen LogP contribution in [0.15, 0.2) is 39.9 Å². The van der Waals surface area contributed by atoms with Crippen molar-refractivity contribution < 1.29 is 28.3 Å². The maximum atomic E-state index is 13.0. The molecule has 2 heterocycles. The van der Waals surface area contributed by atoms with E-state index in [2.05, 4.69) is 0 Å². The lowest BCUT2D eigenvalue weighted by atomic mass is 9.96. The minimum Gasteiger partial charge on any atom is -0.497 e. The number of thiophene rings is 1. The number of hydrogen-bond acceptors (Lipinski definition) is 7. The molecule has 0 spiro atoms. The number of sulfonamides is 1. The number of carbonyl (C=O) groups excluding carboxylic acids is 1. The van der Waals surface area contributed by atoms with Crippen LogP contribution in [0.5, 0.6) is 5.75 Å². The summed E-state index contributed by atoms with van der Waals surface area (Å²) in [6, 6.07) is 4.23. The Morgan fingerprint density at radius 3 is 2.60 bits per heavy atom. The number of hydroxylamine groups is 1. The highest BCUT2D eigenvalue weighted by Gasteiger charge is 2.45. The Hall–Kier alpha value is -1.98. The van der Waals surface area contributed by atoms with Crippen molar-refractivity contribution in [2.24, 2.45) is 0 Å². The molecule has 8 nitrogen and oxygen atoms in total. The van der Waals surface area contributed by atoms with E-state index in [4.69, 9.17) is 9.94 Å². The van der Waals surface area contributed by atoms with Crippen LogP contribution in [0.2, 0.25) is 0 Å². The summed E-state index contributed by atoms with van der Waals surface area (Å²) in [5.41, 5.74) is 2.55. The fourth-order valence-electron chi connectivity index (χ4n) is 2.77. The van der Waals surface area contributed by atoms with Gasteiger partial charge in [-0.05, 0) is 46.2 Å². The average molecular weight is 384 g/mol. The standard InChI is InChI=1S/C15H16N2O6S2/c1-23-10-2-4-11(5-3-10)25(21,22)17-6-9-7-24-8-12(9)14(18)13(17)15(19)16-20/h2-5,7-8,13-14,18,20H,6H2,1H3,(H,16,19). The summed E-state index contributed by atoms with van der Waals surface area (Å²) in [5, 5.41) is 22.8. The Morgan fingerprint density at radius 2 is 2.00 bits per heavy atom. The third kappa shape index (κ3) is 3.02. The third-order valence-electron chi connectivity index (χ3n) is 4.08. The van der Waals surface area contributed by atoms with Gasteiger partial charge < -0.3 is 9.84 Å². The smallest absolute Gasteiger partial charge is 0.264 e. The van der Waals surface area contributed by atoms with Gasteiger partial charge in [-0.3, -0.25) is 10.0 Å². The minimum absolute atomic E-state index is 0.0464. The highest BCUT2D eigenvalue weighted by Crippen LogP contribution is 2.37. The normalized spacial score (nSPS) is 20.8. The number of hydrogen-bond donors (Lipinski definition) is 3. The molecule has 0 bridgehead atoms. The first-order chi connectivity index (χ1) is 11.9. The molecular weight excluding hydrogens is 368 g/mol. The molecule has 2 unspecified atom stereocenters. The van der Waals surface area contributed by atoms with Crippen molar-refractivity contribution in [3.63, 3.8) is 0 Å². The summed E-state index contributed by atoms with van der Waals surface area (Å²) in [6.07, 6.45) is -1.38. The number of carbonyl (C=O) groups is 1. The van der Waals surface area contributed by atoms with E-state index < -0.39 is 28.1 Å². The molecule has 0 fully saturated rings. The molecule has 3 N–H and O–H groups in total. The van der Waals surface area contributed by atoms with Gasteiger partial charge in [0.2, 0.25) is 10.0 Å². The van der Waals surface area contributed by atoms with Gasteiger partial charge in [-0.1, -0.05) is 0 Å². The van der Waals surface area contributed by atoms with Crippen LogP contribution in [0, 0.1) is 0 Å². The molecule has 2 atom stereocenters. The van der Waals surface area contributed by atoms with E-state index in [1.807, 2.05) is 0 Å². The lowest BCUT2D eigenvalue weighted by Crippen LogP contribution is -2.53. The molecule has 1 aliphatic heterocycles. The van der Waals surface area contributed by atoms with Gasteiger partial charge in [-0.15, -0.1) is 0 Å². The second-order valence-electron chi connectivity index (χ2n) is 5.44. The van der Waals surface area contributed by atoms with Crippen molar-refractivity contribution >= 4 is 27.3 Å². The van der Waals surface area contributed by atoms with Gasteiger partial charge >= 0.3 is 0 Å². The number of benzene rings is 1. The van der Waals surface area contributed by atoms with E-state index in [0.29, 0.717) is 16.9 Å². The quantitative estimate of drug-likeness (QED) is 0.532. The summed E-state index contributed by atoms with van der Waals surface area (Å²) in [5.74, 6) is -0.510. The number of nitrogens with one attached hydrogen (secondary N) is 1. The number of aliphatic hydroxyl groups excluding tert-OH is 1. The first-order valence-electron chi connectivity index (χ1n) is 7.23. The van der Waals surface area contributed by atoms with Gasteiger partial charge in [0.15, 0.2) is 0 Å². The number of methoxy groups -OCH3 is 1. The van der Waals surface area contributed by atoms with Gasteiger partial charge in [-0.25, -0.2) is 13.9 Å². The first-order valence-corrected chi connectivity index (χ1v) is 9.61. The van der Waals surface area contributed by atoms with Gasteiger partial charge in [0.25, 0.3) is 5.91 Å². The molecule has 2 aromatic rings. The highest BCUT2D eigenvalue weighted by atomic mass is 32.2. The zero-order valence-electron chi connectivity index (χ0n) is 13.1. The van der Waals surface area contributed by atoms with Crippen LogP contribution in [-0.4, -0.2) is 42.1 Å². The number of rotatable bonds is 4. The van der Waals surface area contributed by atoms with Crippen molar-refractivity contribution in [3.8, 4) is 5.75 Å². The Labute approximate surface area is 148 Å². The van der Waals surface area contributed by atoms with E-state index in [1.54, 1.807) is 10.8 Å². The average Bonchev–Trinajstić information content (AvgIpc) is 3.10. The highest BCUT2D eigenvalue weighted by molar-refractivity contribution is 7.89. The predicted octanol–water partition coefficient (Wildman–Crippen LogP) is 0.869. The second kappa shape index (κ2) is 6.73. The fourth-order valence-corrected chi connectivity index (χ4v) is 5.22.